The Balaban J connectivity index is 2.29. The van der Waals surface area contributed by atoms with Gasteiger partial charge in [-0.1, -0.05) is 25.4 Å². The summed E-state index contributed by atoms with van der Waals surface area (Å²) >= 11 is 6.14. The predicted octanol–water partition coefficient (Wildman–Crippen LogP) is 2.78. The van der Waals surface area contributed by atoms with Crippen LogP contribution in [0.5, 0.6) is 0 Å². The van der Waals surface area contributed by atoms with Crippen LogP contribution in [0.3, 0.4) is 0 Å². The SMILES string of the molecule is CC(C)c1nc(Cl)cc(N2CCCN(C)CC2C)n1. The van der Waals surface area contributed by atoms with Gasteiger partial charge < -0.3 is 9.80 Å². The third-order valence-corrected chi connectivity index (χ3v) is 3.75. The monoisotopic (exact) mass is 282 g/mol. The van der Waals surface area contributed by atoms with E-state index in [4.69, 9.17) is 11.6 Å². The van der Waals surface area contributed by atoms with E-state index in [0.717, 1.165) is 37.7 Å². The highest BCUT2D eigenvalue weighted by atomic mass is 35.5. The van der Waals surface area contributed by atoms with Crippen LogP contribution in [0.2, 0.25) is 5.15 Å². The molecule has 0 bridgehead atoms. The lowest BCUT2D eigenvalue weighted by molar-refractivity contribution is 0.337. The zero-order valence-electron chi connectivity index (χ0n) is 12.2. The summed E-state index contributed by atoms with van der Waals surface area (Å²) in [5.41, 5.74) is 0. The summed E-state index contributed by atoms with van der Waals surface area (Å²) in [6.07, 6.45) is 1.15. The van der Waals surface area contributed by atoms with E-state index < -0.39 is 0 Å². The Morgan fingerprint density at radius 2 is 2.05 bits per heavy atom. The van der Waals surface area contributed by atoms with Crippen LogP contribution in [0, 0.1) is 0 Å². The lowest BCUT2D eigenvalue weighted by Crippen LogP contribution is -2.38. The van der Waals surface area contributed by atoms with E-state index in [1.165, 1.54) is 0 Å². The largest absolute Gasteiger partial charge is 0.352 e. The van der Waals surface area contributed by atoms with Gasteiger partial charge in [0.05, 0.1) is 0 Å². The second-order valence-corrected chi connectivity index (χ2v) is 6.11. The Bertz CT molecular complexity index is 435. The lowest BCUT2D eigenvalue weighted by atomic mass is 10.2. The van der Waals surface area contributed by atoms with Gasteiger partial charge in [-0.2, -0.15) is 0 Å². The standard InChI is InChI=1S/C14H23ClN4/c1-10(2)14-16-12(15)8-13(17-14)19-7-5-6-18(4)9-11(19)3/h8,10-11H,5-7,9H2,1-4H3. The Kier molecular flexibility index (Phi) is 4.63. The molecule has 106 valence electrons. The second-order valence-electron chi connectivity index (χ2n) is 5.72. The molecule has 1 saturated heterocycles. The number of aromatic nitrogens is 2. The zero-order chi connectivity index (χ0) is 14.0. The number of nitrogens with zero attached hydrogens (tertiary/aromatic N) is 4. The number of hydrogen-bond donors (Lipinski definition) is 0. The van der Waals surface area contributed by atoms with Crippen molar-refractivity contribution in [3.8, 4) is 0 Å². The predicted molar refractivity (Wildman–Crippen MR) is 80.1 cm³/mol. The molecule has 1 aliphatic heterocycles. The number of anilines is 1. The molecule has 0 aliphatic carbocycles. The van der Waals surface area contributed by atoms with Gasteiger partial charge in [-0.05, 0) is 26.9 Å². The summed E-state index contributed by atoms with van der Waals surface area (Å²) in [6.45, 7) is 9.64. The molecule has 4 nitrogen and oxygen atoms in total. The van der Waals surface area contributed by atoms with Crippen LogP contribution < -0.4 is 4.90 Å². The maximum Gasteiger partial charge on any atom is 0.135 e. The zero-order valence-corrected chi connectivity index (χ0v) is 13.0. The first-order chi connectivity index (χ1) is 8.97. The molecule has 0 amide bonds. The van der Waals surface area contributed by atoms with Crippen molar-refractivity contribution in [1.29, 1.82) is 0 Å². The minimum absolute atomic E-state index is 0.294. The highest BCUT2D eigenvalue weighted by molar-refractivity contribution is 6.29. The minimum Gasteiger partial charge on any atom is -0.352 e. The van der Waals surface area contributed by atoms with Crippen LogP contribution in [-0.4, -0.2) is 47.6 Å². The van der Waals surface area contributed by atoms with Crippen molar-refractivity contribution in [2.24, 2.45) is 0 Å². The summed E-state index contributed by atoms with van der Waals surface area (Å²) in [4.78, 5) is 13.7. The molecule has 1 fully saturated rings. The summed E-state index contributed by atoms with van der Waals surface area (Å²) < 4.78 is 0. The molecule has 0 radical (unpaired) electrons. The molecular formula is C14H23ClN4. The molecule has 5 heteroatoms. The van der Waals surface area contributed by atoms with Crippen LogP contribution in [0.1, 0.15) is 38.9 Å². The molecule has 19 heavy (non-hydrogen) atoms. The average molecular weight is 283 g/mol. The van der Waals surface area contributed by atoms with E-state index in [2.05, 4.69) is 47.6 Å². The van der Waals surface area contributed by atoms with Crippen molar-refractivity contribution in [2.45, 2.75) is 39.2 Å². The number of rotatable bonds is 2. The Morgan fingerprint density at radius 1 is 1.32 bits per heavy atom. The molecule has 1 aliphatic rings. The van der Waals surface area contributed by atoms with Crippen molar-refractivity contribution in [1.82, 2.24) is 14.9 Å². The fourth-order valence-electron chi connectivity index (χ4n) is 2.54. The first-order valence-electron chi connectivity index (χ1n) is 6.97. The van der Waals surface area contributed by atoms with E-state index in [0.29, 0.717) is 17.1 Å². The molecule has 2 rings (SSSR count). The van der Waals surface area contributed by atoms with Crippen molar-refractivity contribution in [3.05, 3.63) is 17.0 Å². The van der Waals surface area contributed by atoms with Gasteiger partial charge in [0, 0.05) is 31.1 Å². The maximum absolute atomic E-state index is 6.14. The van der Waals surface area contributed by atoms with Gasteiger partial charge in [-0.25, -0.2) is 9.97 Å². The fraction of sp³-hybridized carbons (Fsp3) is 0.714. The van der Waals surface area contributed by atoms with E-state index in [1.54, 1.807) is 0 Å². The van der Waals surface area contributed by atoms with Crippen molar-refractivity contribution in [2.75, 3.05) is 31.6 Å². The normalized spacial score (nSPS) is 21.8. The van der Waals surface area contributed by atoms with E-state index in [9.17, 15) is 0 Å². The van der Waals surface area contributed by atoms with Gasteiger partial charge in [0.25, 0.3) is 0 Å². The molecule has 1 aromatic heterocycles. The number of halogens is 1. The molecule has 1 unspecified atom stereocenters. The first-order valence-corrected chi connectivity index (χ1v) is 7.35. The third kappa shape index (κ3) is 3.57. The van der Waals surface area contributed by atoms with E-state index >= 15 is 0 Å². The van der Waals surface area contributed by atoms with Crippen molar-refractivity contribution < 1.29 is 0 Å². The van der Waals surface area contributed by atoms with Gasteiger partial charge in [0.2, 0.25) is 0 Å². The van der Waals surface area contributed by atoms with Gasteiger partial charge in [-0.15, -0.1) is 0 Å². The van der Waals surface area contributed by atoms with Gasteiger partial charge in [0.1, 0.15) is 16.8 Å². The number of likely N-dealkylation sites (N-methyl/N-ethyl adjacent to an activating group) is 1. The maximum atomic E-state index is 6.14. The van der Waals surface area contributed by atoms with E-state index in [-0.39, 0.29) is 0 Å². The summed E-state index contributed by atoms with van der Waals surface area (Å²) in [5.74, 6) is 2.08. The first kappa shape index (κ1) is 14.5. The van der Waals surface area contributed by atoms with Crippen LogP contribution >= 0.6 is 11.6 Å². The molecule has 0 spiro atoms. The fourth-order valence-corrected chi connectivity index (χ4v) is 2.73. The van der Waals surface area contributed by atoms with Gasteiger partial charge in [-0.3, -0.25) is 0 Å². The van der Waals surface area contributed by atoms with Crippen LogP contribution in [0.15, 0.2) is 6.07 Å². The van der Waals surface area contributed by atoms with Crippen molar-refractivity contribution >= 4 is 17.4 Å². The lowest BCUT2D eigenvalue weighted by Gasteiger charge is -2.29. The molecule has 0 N–H and O–H groups in total. The van der Waals surface area contributed by atoms with Crippen LogP contribution in [0.25, 0.3) is 0 Å². The molecule has 0 saturated carbocycles. The minimum atomic E-state index is 0.294. The Labute approximate surface area is 120 Å². The molecular weight excluding hydrogens is 260 g/mol. The smallest absolute Gasteiger partial charge is 0.135 e. The quantitative estimate of drug-likeness (QED) is 0.781. The molecule has 1 aromatic rings. The molecule has 2 heterocycles. The summed E-state index contributed by atoms with van der Waals surface area (Å²) in [6, 6.07) is 2.33. The topological polar surface area (TPSA) is 32.3 Å². The Hall–Kier alpha value is -0.870. The van der Waals surface area contributed by atoms with Gasteiger partial charge in [0.15, 0.2) is 0 Å². The average Bonchev–Trinajstić information content (AvgIpc) is 2.49. The highest BCUT2D eigenvalue weighted by Crippen LogP contribution is 2.23. The second kappa shape index (κ2) is 6.06. The van der Waals surface area contributed by atoms with Crippen molar-refractivity contribution in [3.63, 3.8) is 0 Å². The molecule has 0 aromatic carbocycles. The van der Waals surface area contributed by atoms with E-state index in [1.807, 2.05) is 6.07 Å². The summed E-state index contributed by atoms with van der Waals surface area (Å²) in [7, 11) is 2.17. The van der Waals surface area contributed by atoms with Crippen LogP contribution in [-0.2, 0) is 0 Å². The number of hydrogen-bond acceptors (Lipinski definition) is 4. The summed E-state index contributed by atoms with van der Waals surface area (Å²) in [5, 5.41) is 0.540. The molecule has 1 atom stereocenters. The highest BCUT2D eigenvalue weighted by Gasteiger charge is 2.22. The third-order valence-electron chi connectivity index (χ3n) is 3.56. The van der Waals surface area contributed by atoms with Gasteiger partial charge >= 0.3 is 0 Å². The Morgan fingerprint density at radius 3 is 2.74 bits per heavy atom. The van der Waals surface area contributed by atoms with Crippen LogP contribution in [0.4, 0.5) is 5.82 Å².